The smallest absolute Gasteiger partial charge is 0.272 e. The molecular formula is C17H23N3O3. The van der Waals surface area contributed by atoms with Crippen LogP contribution in [0.3, 0.4) is 0 Å². The molecule has 1 amide bonds. The number of aliphatic hydroxyl groups excluding tert-OH is 1. The topological polar surface area (TPSA) is 76.4 Å². The van der Waals surface area contributed by atoms with Gasteiger partial charge in [0.15, 0.2) is 5.69 Å². The summed E-state index contributed by atoms with van der Waals surface area (Å²) in [7, 11) is 1.60. The SMILES string of the molecule is CCC(CCO)NC(=O)c1ccn(-c2cc(C)ccc2OC)n1. The number of amides is 1. The average molecular weight is 317 g/mol. The maximum Gasteiger partial charge on any atom is 0.272 e. The van der Waals surface area contributed by atoms with E-state index in [1.54, 1.807) is 24.1 Å². The van der Waals surface area contributed by atoms with E-state index in [1.807, 2.05) is 32.0 Å². The first kappa shape index (κ1) is 17.0. The largest absolute Gasteiger partial charge is 0.494 e. The van der Waals surface area contributed by atoms with Gasteiger partial charge in [-0.25, -0.2) is 4.68 Å². The van der Waals surface area contributed by atoms with Crippen molar-refractivity contribution < 1.29 is 14.6 Å². The molecule has 0 fully saturated rings. The van der Waals surface area contributed by atoms with E-state index in [4.69, 9.17) is 9.84 Å². The second-order valence-electron chi connectivity index (χ2n) is 5.41. The van der Waals surface area contributed by atoms with Crippen LogP contribution in [-0.2, 0) is 0 Å². The Bertz CT molecular complexity index is 667. The molecule has 2 rings (SSSR count). The van der Waals surface area contributed by atoms with Gasteiger partial charge >= 0.3 is 0 Å². The maximum absolute atomic E-state index is 12.3. The summed E-state index contributed by atoms with van der Waals surface area (Å²) in [6.45, 7) is 4.01. The minimum absolute atomic E-state index is 0.0493. The summed E-state index contributed by atoms with van der Waals surface area (Å²) in [5.41, 5.74) is 2.20. The zero-order valence-electron chi connectivity index (χ0n) is 13.7. The predicted molar refractivity (Wildman–Crippen MR) is 88.1 cm³/mol. The van der Waals surface area contributed by atoms with Crippen LogP contribution in [0.1, 0.15) is 35.8 Å². The van der Waals surface area contributed by atoms with E-state index in [0.29, 0.717) is 17.9 Å². The van der Waals surface area contributed by atoms with Crippen LogP contribution in [-0.4, -0.2) is 40.6 Å². The van der Waals surface area contributed by atoms with Crippen LogP contribution in [0.2, 0.25) is 0 Å². The van der Waals surface area contributed by atoms with Gasteiger partial charge in [0.25, 0.3) is 5.91 Å². The summed E-state index contributed by atoms with van der Waals surface area (Å²) in [4.78, 5) is 12.3. The van der Waals surface area contributed by atoms with E-state index >= 15 is 0 Å². The molecule has 1 heterocycles. The lowest BCUT2D eigenvalue weighted by Gasteiger charge is -2.14. The Morgan fingerprint density at radius 1 is 1.43 bits per heavy atom. The normalized spacial score (nSPS) is 12.0. The molecule has 1 aromatic carbocycles. The Morgan fingerprint density at radius 2 is 2.22 bits per heavy atom. The monoisotopic (exact) mass is 317 g/mol. The Labute approximate surface area is 136 Å². The minimum atomic E-state index is -0.240. The number of carbonyl (C=O) groups excluding carboxylic acids is 1. The lowest BCUT2D eigenvalue weighted by molar-refractivity contribution is 0.0923. The van der Waals surface area contributed by atoms with Gasteiger partial charge in [-0.05, 0) is 43.5 Å². The number of hydrogen-bond acceptors (Lipinski definition) is 4. The minimum Gasteiger partial charge on any atom is -0.494 e. The third-order valence-corrected chi connectivity index (χ3v) is 3.71. The van der Waals surface area contributed by atoms with Gasteiger partial charge in [-0.2, -0.15) is 5.10 Å². The summed E-state index contributed by atoms with van der Waals surface area (Å²) in [5, 5.41) is 16.2. The third kappa shape index (κ3) is 4.10. The van der Waals surface area contributed by atoms with Crippen LogP contribution in [0.4, 0.5) is 0 Å². The second kappa shape index (κ2) is 7.78. The van der Waals surface area contributed by atoms with Crippen LogP contribution in [0.25, 0.3) is 5.69 Å². The molecule has 1 aromatic heterocycles. The molecule has 23 heavy (non-hydrogen) atoms. The van der Waals surface area contributed by atoms with Gasteiger partial charge in [0, 0.05) is 18.8 Å². The van der Waals surface area contributed by atoms with Crippen molar-refractivity contribution in [3.05, 3.63) is 41.7 Å². The van der Waals surface area contributed by atoms with Crippen molar-refractivity contribution in [1.82, 2.24) is 15.1 Å². The summed E-state index contributed by atoms with van der Waals surface area (Å²) < 4.78 is 6.98. The first-order chi connectivity index (χ1) is 11.1. The highest BCUT2D eigenvalue weighted by molar-refractivity contribution is 5.92. The van der Waals surface area contributed by atoms with Crippen molar-refractivity contribution in [2.45, 2.75) is 32.7 Å². The molecule has 0 aliphatic rings. The molecule has 2 N–H and O–H groups in total. The van der Waals surface area contributed by atoms with Gasteiger partial charge in [0.2, 0.25) is 0 Å². The number of rotatable bonds is 7. The number of methoxy groups -OCH3 is 1. The number of ether oxygens (including phenoxy) is 1. The molecule has 6 nitrogen and oxygen atoms in total. The van der Waals surface area contributed by atoms with E-state index in [-0.39, 0.29) is 18.6 Å². The molecular weight excluding hydrogens is 294 g/mol. The highest BCUT2D eigenvalue weighted by Gasteiger charge is 2.15. The Morgan fingerprint density at radius 3 is 2.87 bits per heavy atom. The molecule has 0 spiro atoms. The second-order valence-corrected chi connectivity index (χ2v) is 5.41. The number of hydrogen-bond donors (Lipinski definition) is 2. The number of nitrogens with zero attached hydrogens (tertiary/aromatic N) is 2. The van der Waals surface area contributed by atoms with Crippen LogP contribution >= 0.6 is 0 Å². The summed E-state index contributed by atoms with van der Waals surface area (Å²) in [6.07, 6.45) is 3.03. The predicted octanol–water partition coefficient (Wildman–Crippen LogP) is 2.08. The standard InChI is InChI=1S/C17H23N3O3/c1-4-13(8-10-21)18-17(22)14-7-9-20(19-14)15-11-12(2)5-6-16(15)23-3/h5-7,9,11,13,21H,4,8,10H2,1-3H3,(H,18,22). The summed E-state index contributed by atoms with van der Waals surface area (Å²) in [6, 6.07) is 7.41. The molecule has 2 aromatic rings. The number of nitrogens with one attached hydrogen (secondary N) is 1. The van der Waals surface area contributed by atoms with Gasteiger partial charge < -0.3 is 15.2 Å². The zero-order chi connectivity index (χ0) is 16.8. The fraction of sp³-hybridized carbons (Fsp3) is 0.412. The number of benzene rings is 1. The summed E-state index contributed by atoms with van der Waals surface area (Å²) >= 11 is 0. The van der Waals surface area contributed by atoms with Gasteiger partial charge in [-0.15, -0.1) is 0 Å². The first-order valence-electron chi connectivity index (χ1n) is 7.71. The van der Waals surface area contributed by atoms with Crippen molar-refractivity contribution in [3.63, 3.8) is 0 Å². The van der Waals surface area contributed by atoms with Crippen molar-refractivity contribution in [3.8, 4) is 11.4 Å². The Hall–Kier alpha value is -2.34. The number of aryl methyl sites for hydroxylation is 1. The molecule has 0 aliphatic heterocycles. The van der Waals surface area contributed by atoms with E-state index in [0.717, 1.165) is 17.7 Å². The van der Waals surface area contributed by atoms with E-state index in [2.05, 4.69) is 10.4 Å². The number of carbonyl (C=O) groups is 1. The Kier molecular flexibility index (Phi) is 5.76. The third-order valence-electron chi connectivity index (χ3n) is 3.71. The molecule has 1 unspecified atom stereocenters. The van der Waals surface area contributed by atoms with E-state index in [9.17, 15) is 4.79 Å². The maximum atomic E-state index is 12.3. The molecule has 0 aliphatic carbocycles. The van der Waals surface area contributed by atoms with Gasteiger partial charge in [-0.1, -0.05) is 13.0 Å². The molecule has 0 radical (unpaired) electrons. The molecule has 0 bridgehead atoms. The highest BCUT2D eigenvalue weighted by atomic mass is 16.5. The lowest BCUT2D eigenvalue weighted by Crippen LogP contribution is -2.35. The average Bonchev–Trinajstić information content (AvgIpc) is 3.04. The number of aliphatic hydroxyl groups is 1. The highest BCUT2D eigenvalue weighted by Crippen LogP contribution is 2.23. The molecule has 124 valence electrons. The quantitative estimate of drug-likeness (QED) is 0.820. The molecule has 1 atom stereocenters. The van der Waals surface area contributed by atoms with Gasteiger partial charge in [0.1, 0.15) is 11.4 Å². The molecule has 6 heteroatoms. The lowest BCUT2D eigenvalue weighted by atomic mass is 10.1. The van der Waals surface area contributed by atoms with Crippen molar-refractivity contribution in [2.75, 3.05) is 13.7 Å². The van der Waals surface area contributed by atoms with Gasteiger partial charge in [-0.3, -0.25) is 4.79 Å². The Balaban J connectivity index is 2.20. The summed E-state index contributed by atoms with van der Waals surface area (Å²) in [5.74, 6) is 0.452. The van der Waals surface area contributed by atoms with E-state index in [1.165, 1.54) is 0 Å². The van der Waals surface area contributed by atoms with E-state index < -0.39 is 0 Å². The van der Waals surface area contributed by atoms with Gasteiger partial charge in [0.05, 0.1) is 7.11 Å². The fourth-order valence-electron chi connectivity index (χ4n) is 2.35. The zero-order valence-corrected chi connectivity index (χ0v) is 13.7. The van der Waals surface area contributed by atoms with Crippen molar-refractivity contribution in [2.24, 2.45) is 0 Å². The van der Waals surface area contributed by atoms with Crippen LogP contribution in [0.15, 0.2) is 30.5 Å². The molecule has 0 saturated carbocycles. The van der Waals surface area contributed by atoms with Crippen LogP contribution in [0.5, 0.6) is 5.75 Å². The van der Waals surface area contributed by atoms with Crippen molar-refractivity contribution >= 4 is 5.91 Å². The van der Waals surface area contributed by atoms with Crippen LogP contribution < -0.4 is 10.1 Å². The fourth-order valence-corrected chi connectivity index (χ4v) is 2.35. The first-order valence-corrected chi connectivity index (χ1v) is 7.71. The molecule has 0 saturated heterocycles. The number of aromatic nitrogens is 2. The van der Waals surface area contributed by atoms with Crippen LogP contribution in [0, 0.1) is 6.92 Å². The van der Waals surface area contributed by atoms with Crippen molar-refractivity contribution in [1.29, 1.82) is 0 Å².